The SMILES string of the molecule is COc1ccccc1-c1cccc(N2CNc3cc(C(N)=O)ccc32)c1. The summed E-state index contributed by atoms with van der Waals surface area (Å²) < 4.78 is 5.49. The topological polar surface area (TPSA) is 67.6 Å². The fourth-order valence-corrected chi connectivity index (χ4v) is 3.27. The molecule has 130 valence electrons. The number of anilines is 3. The van der Waals surface area contributed by atoms with Crippen molar-refractivity contribution < 1.29 is 9.53 Å². The third-order valence-corrected chi connectivity index (χ3v) is 4.58. The molecule has 0 bridgehead atoms. The van der Waals surface area contributed by atoms with E-state index in [9.17, 15) is 4.79 Å². The van der Waals surface area contributed by atoms with E-state index in [1.165, 1.54) is 0 Å². The minimum Gasteiger partial charge on any atom is -0.496 e. The summed E-state index contributed by atoms with van der Waals surface area (Å²) in [6.45, 7) is 0.632. The van der Waals surface area contributed by atoms with Crippen molar-refractivity contribution in [3.63, 3.8) is 0 Å². The Morgan fingerprint density at radius 1 is 1.08 bits per heavy atom. The molecule has 4 rings (SSSR count). The largest absolute Gasteiger partial charge is 0.496 e. The number of nitrogens with two attached hydrogens (primary N) is 1. The van der Waals surface area contributed by atoms with Crippen molar-refractivity contribution in [1.82, 2.24) is 0 Å². The van der Waals surface area contributed by atoms with Gasteiger partial charge < -0.3 is 20.7 Å². The van der Waals surface area contributed by atoms with Crippen LogP contribution in [-0.2, 0) is 0 Å². The van der Waals surface area contributed by atoms with Gasteiger partial charge in [-0.15, -0.1) is 0 Å². The summed E-state index contributed by atoms with van der Waals surface area (Å²) in [5, 5.41) is 3.32. The van der Waals surface area contributed by atoms with Crippen LogP contribution in [0.1, 0.15) is 10.4 Å². The zero-order chi connectivity index (χ0) is 18.1. The third-order valence-electron chi connectivity index (χ3n) is 4.58. The van der Waals surface area contributed by atoms with Gasteiger partial charge in [0.05, 0.1) is 25.2 Å². The molecule has 3 aromatic rings. The van der Waals surface area contributed by atoms with Crippen LogP contribution < -0.4 is 20.7 Å². The molecule has 1 aliphatic rings. The first-order valence-electron chi connectivity index (χ1n) is 8.36. The molecule has 0 spiro atoms. The molecule has 0 aliphatic carbocycles. The second kappa shape index (κ2) is 6.44. The molecule has 3 aromatic carbocycles. The van der Waals surface area contributed by atoms with E-state index in [-0.39, 0.29) is 0 Å². The van der Waals surface area contributed by atoms with Crippen molar-refractivity contribution in [2.45, 2.75) is 0 Å². The van der Waals surface area contributed by atoms with Gasteiger partial charge in [0.25, 0.3) is 0 Å². The maximum absolute atomic E-state index is 11.4. The summed E-state index contributed by atoms with van der Waals surface area (Å²) in [6.07, 6.45) is 0. The van der Waals surface area contributed by atoms with E-state index >= 15 is 0 Å². The first-order chi connectivity index (χ1) is 12.7. The number of rotatable bonds is 4. The smallest absolute Gasteiger partial charge is 0.248 e. The zero-order valence-electron chi connectivity index (χ0n) is 14.4. The quantitative estimate of drug-likeness (QED) is 0.750. The number of hydrogen-bond acceptors (Lipinski definition) is 4. The van der Waals surface area contributed by atoms with Crippen LogP contribution in [0.15, 0.2) is 66.7 Å². The molecule has 5 nitrogen and oxygen atoms in total. The number of amides is 1. The maximum Gasteiger partial charge on any atom is 0.248 e. The van der Waals surface area contributed by atoms with Crippen LogP contribution in [0.4, 0.5) is 17.1 Å². The van der Waals surface area contributed by atoms with Crippen LogP contribution in [-0.4, -0.2) is 19.7 Å². The van der Waals surface area contributed by atoms with Gasteiger partial charge in [-0.3, -0.25) is 4.79 Å². The van der Waals surface area contributed by atoms with Gasteiger partial charge in [-0.2, -0.15) is 0 Å². The number of ether oxygens (including phenoxy) is 1. The van der Waals surface area contributed by atoms with Crippen molar-refractivity contribution >= 4 is 23.0 Å². The molecule has 0 unspecified atom stereocenters. The number of fused-ring (bicyclic) bond motifs is 1. The number of carbonyl (C=O) groups excluding carboxylic acids is 1. The first-order valence-corrected chi connectivity index (χ1v) is 8.36. The minimum atomic E-state index is -0.425. The third kappa shape index (κ3) is 2.73. The van der Waals surface area contributed by atoms with E-state index in [0.29, 0.717) is 12.2 Å². The summed E-state index contributed by atoms with van der Waals surface area (Å²) in [6, 6.07) is 21.8. The number of para-hydroxylation sites is 1. The highest BCUT2D eigenvalue weighted by Gasteiger charge is 2.21. The van der Waals surface area contributed by atoms with Crippen LogP contribution in [0.2, 0.25) is 0 Å². The lowest BCUT2D eigenvalue weighted by atomic mass is 10.0. The highest BCUT2D eigenvalue weighted by molar-refractivity contribution is 5.96. The molecular weight excluding hydrogens is 326 g/mol. The molecular formula is C21H19N3O2. The fraction of sp³-hybridized carbons (Fsp3) is 0.0952. The Morgan fingerprint density at radius 3 is 2.73 bits per heavy atom. The predicted molar refractivity (Wildman–Crippen MR) is 104 cm³/mol. The monoisotopic (exact) mass is 345 g/mol. The second-order valence-electron chi connectivity index (χ2n) is 6.11. The van der Waals surface area contributed by atoms with E-state index in [0.717, 1.165) is 33.9 Å². The highest BCUT2D eigenvalue weighted by atomic mass is 16.5. The Labute approximate surface area is 152 Å². The zero-order valence-corrected chi connectivity index (χ0v) is 14.4. The second-order valence-corrected chi connectivity index (χ2v) is 6.11. The molecule has 1 aliphatic heterocycles. The fourth-order valence-electron chi connectivity index (χ4n) is 3.27. The average Bonchev–Trinajstić information content (AvgIpc) is 3.11. The van der Waals surface area contributed by atoms with Crippen LogP contribution in [0.5, 0.6) is 5.75 Å². The minimum absolute atomic E-state index is 0.425. The van der Waals surface area contributed by atoms with E-state index in [1.807, 2.05) is 36.4 Å². The first kappa shape index (κ1) is 16.0. The predicted octanol–water partition coefficient (Wildman–Crippen LogP) is 3.98. The number of hydrogen-bond donors (Lipinski definition) is 2. The van der Waals surface area contributed by atoms with Gasteiger partial charge in [-0.05, 0) is 42.0 Å². The van der Waals surface area contributed by atoms with Crippen LogP contribution in [0.25, 0.3) is 11.1 Å². The van der Waals surface area contributed by atoms with Gasteiger partial charge in [0, 0.05) is 16.8 Å². The molecule has 1 amide bonds. The van der Waals surface area contributed by atoms with Gasteiger partial charge in [-0.25, -0.2) is 0 Å². The van der Waals surface area contributed by atoms with Gasteiger partial charge in [-0.1, -0.05) is 30.3 Å². The summed E-state index contributed by atoms with van der Waals surface area (Å²) in [7, 11) is 1.68. The number of carbonyl (C=O) groups is 1. The number of primary amides is 1. The normalized spacial score (nSPS) is 12.4. The molecule has 0 saturated carbocycles. The molecule has 0 aromatic heterocycles. The van der Waals surface area contributed by atoms with Crippen LogP contribution in [0, 0.1) is 0 Å². The molecule has 0 fully saturated rings. The van der Waals surface area contributed by atoms with Crippen molar-refractivity contribution in [3.05, 3.63) is 72.3 Å². The Bertz CT molecular complexity index is 984. The Morgan fingerprint density at radius 2 is 1.92 bits per heavy atom. The molecule has 5 heteroatoms. The molecule has 0 saturated heterocycles. The van der Waals surface area contributed by atoms with Gasteiger partial charge in [0.15, 0.2) is 0 Å². The Kier molecular flexibility index (Phi) is 3.97. The number of benzene rings is 3. The number of methoxy groups -OCH3 is 1. The van der Waals surface area contributed by atoms with Crippen molar-refractivity contribution in [3.8, 4) is 16.9 Å². The molecule has 0 radical (unpaired) electrons. The van der Waals surface area contributed by atoms with Crippen LogP contribution >= 0.6 is 0 Å². The van der Waals surface area contributed by atoms with Gasteiger partial charge in [0.1, 0.15) is 5.75 Å². The Hall–Kier alpha value is -3.47. The summed E-state index contributed by atoms with van der Waals surface area (Å²) in [4.78, 5) is 13.5. The van der Waals surface area contributed by atoms with E-state index < -0.39 is 5.91 Å². The van der Waals surface area contributed by atoms with Crippen molar-refractivity contribution in [2.75, 3.05) is 24.0 Å². The lowest BCUT2D eigenvalue weighted by Gasteiger charge is -2.19. The van der Waals surface area contributed by atoms with E-state index in [4.69, 9.17) is 10.5 Å². The van der Waals surface area contributed by atoms with Gasteiger partial charge in [0.2, 0.25) is 5.91 Å². The Balaban J connectivity index is 1.72. The highest BCUT2D eigenvalue weighted by Crippen LogP contribution is 2.39. The summed E-state index contributed by atoms with van der Waals surface area (Å²) in [5.74, 6) is 0.418. The summed E-state index contributed by atoms with van der Waals surface area (Å²) >= 11 is 0. The number of nitrogens with zero attached hydrogens (tertiary/aromatic N) is 1. The van der Waals surface area contributed by atoms with Crippen molar-refractivity contribution in [2.24, 2.45) is 5.73 Å². The summed E-state index contributed by atoms with van der Waals surface area (Å²) in [5.41, 5.74) is 11.0. The van der Waals surface area contributed by atoms with Crippen molar-refractivity contribution in [1.29, 1.82) is 0 Å². The van der Waals surface area contributed by atoms with Crippen LogP contribution in [0.3, 0.4) is 0 Å². The standard InChI is InChI=1S/C21H19N3O2/c1-26-20-8-3-2-7-17(20)14-5-4-6-16(11-14)24-13-23-18-12-15(21(22)25)9-10-19(18)24/h2-12,23H,13H2,1H3,(H2,22,25). The van der Waals surface area contributed by atoms with Gasteiger partial charge >= 0.3 is 0 Å². The number of nitrogens with one attached hydrogen (secondary N) is 1. The lowest BCUT2D eigenvalue weighted by molar-refractivity contribution is 0.100. The molecule has 26 heavy (non-hydrogen) atoms. The van der Waals surface area contributed by atoms with E-state index in [1.54, 1.807) is 19.2 Å². The van der Waals surface area contributed by atoms with E-state index in [2.05, 4.69) is 28.4 Å². The maximum atomic E-state index is 11.4. The molecule has 1 heterocycles. The molecule has 3 N–H and O–H groups in total. The lowest BCUT2D eigenvalue weighted by Crippen LogP contribution is -2.16. The molecule has 0 atom stereocenters. The average molecular weight is 345 g/mol.